The van der Waals surface area contributed by atoms with Crippen molar-refractivity contribution in [2.24, 2.45) is 23.2 Å². The van der Waals surface area contributed by atoms with Gasteiger partial charge in [0.2, 0.25) is 0 Å². The van der Waals surface area contributed by atoms with E-state index in [1.807, 2.05) is 0 Å². The van der Waals surface area contributed by atoms with Gasteiger partial charge in [-0.3, -0.25) is 5.26 Å². The highest BCUT2D eigenvalue weighted by Crippen LogP contribution is 2.53. The molecule has 0 aromatic heterocycles. The molecule has 0 amide bonds. The van der Waals surface area contributed by atoms with Crippen molar-refractivity contribution in [2.45, 2.75) is 69.4 Å². The lowest BCUT2D eigenvalue weighted by Crippen LogP contribution is -2.63. The Balaban J connectivity index is 2.21. The maximum atomic E-state index is 12.8. The molecule has 7 unspecified atom stereocenters. The summed E-state index contributed by atoms with van der Waals surface area (Å²) >= 11 is 0. The van der Waals surface area contributed by atoms with Crippen LogP contribution in [0.25, 0.3) is 0 Å². The minimum absolute atomic E-state index is 0.00545. The van der Waals surface area contributed by atoms with Crippen LogP contribution in [-0.2, 0) is 14.4 Å². The molecule has 7 nitrogen and oxygen atoms in total. The van der Waals surface area contributed by atoms with Crippen LogP contribution in [0.4, 0.5) is 26.3 Å². The zero-order valence-corrected chi connectivity index (χ0v) is 16.1. The summed E-state index contributed by atoms with van der Waals surface area (Å²) in [6.07, 6.45) is -15.4. The van der Waals surface area contributed by atoms with Crippen LogP contribution in [0.1, 0.15) is 33.1 Å². The van der Waals surface area contributed by atoms with Gasteiger partial charge in [-0.25, -0.2) is 9.68 Å². The van der Waals surface area contributed by atoms with E-state index in [0.29, 0.717) is 6.42 Å². The Kier molecular flexibility index (Phi) is 6.76. The molecule has 7 atom stereocenters. The number of aliphatic hydroxyl groups is 3. The smallest absolute Gasteiger partial charge is 0.437 e. The third kappa shape index (κ3) is 3.90. The van der Waals surface area contributed by atoms with Gasteiger partial charge in [0.25, 0.3) is 0 Å². The van der Waals surface area contributed by atoms with E-state index < -0.39 is 66.1 Å². The Morgan fingerprint density at radius 2 is 1.60 bits per heavy atom. The first kappa shape index (κ1) is 25.1. The fourth-order valence-corrected chi connectivity index (χ4v) is 4.53. The predicted octanol–water partition coefficient (Wildman–Crippen LogP) is 2.04. The molecular weight excluding hydrogens is 430 g/mol. The van der Waals surface area contributed by atoms with Gasteiger partial charge in [0.1, 0.15) is 6.10 Å². The van der Waals surface area contributed by atoms with Crippen molar-refractivity contribution in [2.75, 3.05) is 6.61 Å². The number of esters is 1. The molecule has 4 N–H and O–H groups in total. The normalized spacial score (nSPS) is 32.7. The number of aliphatic hydroxyl groups excluding tert-OH is 2. The summed E-state index contributed by atoms with van der Waals surface area (Å²) in [5, 5.41) is 38.5. The molecule has 2 fully saturated rings. The molecule has 2 saturated carbocycles. The fraction of sp³-hybridized carbons (Fsp3) is 0.941. The minimum Gasteiger partial charge on any atom is -0.462 e. The van der Waals surface area contributed by atoms with Gasteiger partial charge < -0.3 is 20.1 Å². The zero-order valence-electron chi connectivity index (χ0n) is 16.1. The number of rotatable bonds is 7. The van der Waals surface area contributed by atoms with E-state index in [0.717, 1.165) is 0 Å². The lowest BCUT2D eigenvalue weighted by molar-refractivity contribution is -0.359. The number of ether oxygens (including phenoxy) is 1. The number of carbonyl (C=O) groups is 1. The molecule has 0 saturated heterocycles. The summed E-state index contributed by atoms with van der Waals surface area (Å²) in [6.45, 7) is 1.77. The van der Waals surface area contributed by atoms with Crippen molar-refractivity contribution in [1.29, 1.82) is 0 Å². The molecule has 0 radical (unpaired) electrons. The van der Waals surface area contributed by atoms with Crippen LogP contribution in [-0.4, -0.2) is 69.4 Å². The lowest BCUT2D eigenvalue weighted by Gasteiger charge is -2.42. The third-order valence-corrected chi connectivity index (χ3v) is 6.62. The van der Waals surface area contributed by atoms with E-state index in [4.69, 9.17) is 5.11 Å². The summed E-state index contributed by atoms with van der Waals surface area (Å²) in [4.78, 5) is 16.2. The largest absolute Gasteiger partial charge is 0.462 e. The molecule has 0 spiro atoms. The van der Waals surface area contributed by atoms with Gasteiger partial charge >= 0.3 is 23.9 Å². The van der Waals surface area contributed by atoms with Gasteiger partial charge in [-0.05, 0) is 37.0 Å². The first-order chi connectivity index (χ1) is 13.5. The maximum absolute atomic E-state index is 12.8. The van der Waals surface area contributed by atoms with Crippen molar-refractivity contribution in [1.82, 2.24) is 0 Å². The van der Waals surface area contributed by atoms with Crippen LogP contribution in [0.5, 0.6) is 0 Å². The molecule has 176 valence electrons. The zero-order chi connectivity index (χ0) is 23.3. The number of halogens is 6. The minimum atomic E-state index is -6.37. The monoisotopic (exact) mass is 454 g/mol. The molecule has 2 aliphatic carbocycles. The highest BCUT2D eigenvalue weighted by molar-refractivity contribution is 5.81. The fourth-order valence-electron chi connectivity index (χ4n) is 4.53. The lowest BCUT2D eigenvalue weighted by atomic mass is 9.70. The van der Waals surface area contributed by atoms with Crippen molar-refractivity contribution in [3.8, 4) is 0 Å². The van der Waals surface area contributed by atoms with Gasteiger partial charge in [-0.2, -0.15) is 26.3 Å². The topological polar surface area (TPSA) is 116 Å². The molecule has 2 aliphatic rings. The van der Waals surface area contributed by atoms with Crippen LogP contribution in [0.3, 0.4) is 0 Å². The van der Waals surface area contributed by atoms with Crippen LogP contribution >= 0.6 is 0 Å². The molecule has 2 rings (SSSR count). The molecule has 0 aromatic rings. The summed E-state index contributed by atoms with van der Waals surface area (Å²) in [5.74, 6) is -4.36. The predicted molar refractivity (Wildman–Crippen MR) is 85.6 cm³/mol. The third-order valence-electron chi connectivity index (χ3n) is 6.62. The standard InChI is InChI=1S/C17H24F6O7/c1-3-14(2,6-29-13(26)15(27,16(18,19)20)17(21,22)23)12(30-28)9-5-7-4-8(9)11(25)10(7)24/h7-12,24-25,27-28H,3-6H2,1-2H3. The number of hydrogen-bond donors (Lipinski definition) is 4. The first-order valence-electron chi connectivity index (χ1n) is 9.24. The van der Waals surface area contributed by atoms with E-state index in [2.05, 4.69) is 9.62 Å². The van der Waals surface area contributed by atoms with E-state index in [-0.39, 0.29) is 18.8 Å². The molecule has 0 aliphatic heterocycles. The molecule has 30 heavy (non-hydrogen) atoms. The van der Waals surface area contributed by atoms with Crippen LogP contribution < -0.4 is 0 Å². The Bertz CT molecular complexity index is 623. The van der Waals surface area contributed by atoms with E-state index >= 15 is 0 Å². The first-order valence-corrected chi connectivity index (χ1v) is 9.24. The van der Waals surface area contributed by atoms with Crippen LogP contribution in [0.15, 0.2) is 0 Å². The number of fused-ring (bicyclic) bond motifs is 2. The van der Waals surface area contributed by atoms with Crippen molar-refractivity contribution in [3.63, 3.8) is 0 Å². The second-order valence-corrected chi connectivity index (χ2v) is 8.36. The summed E-state index contributed by atoms with van der Waals surface area (Å²) in [5.41, 5.74) is -7.17. The average molecular weight is 454 g/mol. The van der Waals surface area contributed by atoms with Crippen molar-refractivity contribution >= 4 is 5.97 Å². The van der Waals surface area contributed by atoms with Gasteiger partial charge in [-0.15, -0.1) is 0 Å². The van der Waals surface area contributed by atoms with Gasteiger partial charge in [0, 0.05) is 5.41 Å². The number of hydrogen-bond acceptors (Lipinski definition) is 7. The van der Waals surface area contributed by atoms with E-state index in [1.54, 1.807) is 0 Å². The molecule has 2 bridgehead atoms. The molecular formula is C17H24F6O7. The number of carbonyl (C=O) groups excluding carboxylic acids is 1. The second kappa shape index (κ2) is 8.08. The van der Waals surface area contributed by atoms with Crippen LogP contribution in [0, 0.1) is 23.2 Å². The van der Waals surface area contributed by atoms with E-state index in [1.165, 1.54) is 13.8 Å². The molecule has 0 aromatic carbocycles. The van der Waals surface area contributed by atoms with Crippen molar-refractivity contribution in [3.05, 3.63) is 0 Å². The highest BCUT2D eigenvalue weighted by atomic mass is 19.4. The maximum Gasteiger partial charge on any atom is 0.437 e. The number of alkyl halides is 6. The SMILES string of the molecule is CCC(C)(COC(=O)C(O)(C(F)(F)F)C(F)(F)F)C(OO)C1CC2CC1C(O)C2O. The van der Waals surface area contributed by atoms with Crippen molar-refractivity contribution < 1.29 is 61.3 Å². The highest BCUT2D eigenvalue weighted by Gasteiger charge is 2.76. The van der Waals surface area contributed by atoms with E-state index in [9.17, 15) is 46.6 Å². The molecule has 0 heterocycles. The summed E-state index contributed by atoms with van der Waals surface area (Å²) in [7, 11) is 0. The Labute approximate surface area is 167 Å². The van der Waals surface area contributed by atoms with Gasteiger partial charge in [0.15, 0.2) is 0 Å². The van der Waals surface area contributed by atoms with Gasteiger partial charge in [0.05, 0.1) is 18.8 Å². The molecule has 13 heteroatoms. The van der Waals surface area contributed by atoms with Crippen LogP contribution in [0.2, 0.25) is 0 Å². The van der Waals surface area contributed by atoms with Gasteiger partial charge in [-0.1, -0.05) is 13.8 Å². The summed E-state index contributed by atoms with van der Waals surface area (Å²) in [6, 6.07) is 0. The summed E-state index contributed by atoms with van der Waals surface area (Å²) < 4.78 is 81.2. The second-order valence-electron chi connectivity index (χ2n) is 8.36. The quantitative estimate of drug-likeness (QED) is 0.201. The average Bonchev–Trinajstić information content (AvgIpc) is 3.17. The Hall–Kier alpha value is -1.15. The Morgan fingerprint density at radius 3 is 1.97 bits per heavy atom. The Morgan fingerprint density at radius 1 is 1.07 bits per heavy atom.